The molecule has 0 N–H and O–H groups in total. The van der Waals surface area contributed by atoms with E-state index >= 15 is 0 Å². The number of carbonyl (C=O) groups is 1. The molecule has 2 aromatic heterocycles. The van der Waals surface area contributed by atoms with Crippen molar-refractivity contribution in [3.8, 4) is 22.8 Å². The van der Waals surface area contributed by atoms with E-state index in [1.165, 1.54) is 10.6 Å². The number of ether oxygens (including phenoxy) is 3. The first-order valence-corrected chi connectivity index (χ1v) is 13.9. The third kappa shape index (κ3) is 4.59. The Morgan fingerprint density at radius 2 is 1.95 bits per heavy atom. The number of hydrogen-bond donors (Lipinski definition) is 0. The zero-order chi connectivity index (χ0) is 29.7. The minimum Gasteiger partial charge on any atom is -0.463 e. The highest BCUT2D eigenvalue weighted by Crippen LogP contribution is 2.38. The van der Waals surface area contributed by atoms with Crippen LogP contribution in [0.3, 0.4) is 0 Å². The zero-order valence-corrected chi connectivity index (χ0v) is 23.9. The minimum absolute atomic E-state index is 0.00699. The van der Waals surface area contributed by atoms with Crippen LogP contribution in [0.15, 0.2) is 67.9 Å². The smallest absolute Gasteiger partial charge is 0.338 e. The summed E-state index contributed by atoms with van der Waals surface area (Å²) < 4.78 is 24.2. The lowest BCUT2D eigenvalue weighted by molar-refractivity contribution is -0.385. The summed E-state index contributed by atoms with van der Waals surface area (Å²) in [6.45, 7) is 7.19. The summed E-state index contributed by atoms with van der Waals surface area (Å²) >= 11 is 1.16. The molecule has 0 spiro atoms. The highest BCUT2D eigenvalue weighted by atomic mass is 32.1. The molecule has 42 heavy (non-hydrogen) atoms. The number of rotatable bonds is 6. The summed E-state index contributed by atoms with van der Waals surface area (Å²) in [4.78, 5) is 43.1. The molecule has 0 saturated carbocycles. The highest BCUT2D eigenvalue weighted by molar-refractivity contribution is 7.07. The van der Waals surface area contributed by atoms with Crippen molar-refractivity contribution in [3.63, 3.8) is 0 Å². The van der Waals surface area contributed by atoms with Gasteiger partial charge in [0.1, 0.15) is 11.5 Å². The summed E-state index contributed by atoms with van der Waals surface area (Å²) in [7, 11) is 0. The number of nitro groups is 1. The van der Waals surface area contributed by atoms with Crippen molar-refractivity contribution in [3.05, 3.63) is 106 Å². The molecule has 214 valence electrons. The van der Waals surface area contributed by atoms with Crippen molar-refractivity contribution in [2.45, 2.75) is 33.7 Å². The van der Waals surface area contributed by atoms with Crippen LogP contribution in [0.2, 0.25) is 0 Å². The van der Waals surface area contributed by atoms with Crippen molar-refractivity contribution < 1.29 is 28.3 Å². The van der Waals surface area contributed by atoms with Gasteiger partial charge in [-0.15, -0.1) is 0 Å². The Hall–Kier alpha value is -4.97. The van der Waals surface area contributed by atoms with E-state index in [1.807, 2.05) is 6.07 Å². The Morgan fingerprint density at radius 3 is 2.71 bits per heavy atom. The van der Waals surface area contributed by atoms with Gasteiger partial charge in [-0.3, -0.25) is 19.5 Å². The molecule has 0 bridgehead atoms. The number of nitrogens with zero attached hydrogens (tertiary/aromatic N) is 3. The monoisotopic (exact) mass is 587 g/mol. The summed E-state index contributed by atoms with van der Waals surface area (Å²) in [5.74, 6) is 1.35. The first-order chi connectivity index (χ1) is 20.2. The van der Waals surface area contributed by atoms with Gasteiger partial charge in [0, 0.05) is 23.3 Å². The van der Waals surface area contributed by atoms with Gasteiger partial charge < -0.3 is 18.6 Å². The van der Waals surface area contributed by atoms with E-state index in [4.69, 9.17) is 18.6 Å². The largest absolute Gasteiger partial charge is 0.463 e. The fraction of sp³-hybridized carbons (Fsp3) is 0.233. The average Bonchev–Trinajstić information content (AvgIpc) is 3.68. The molecule has 11 nitrogen and oxygen atoms in total. The lowest BCUT2D eigenvalue weighted by atomic mass is 9.95. The number of carbonyl (C=O) groups excluding carboxylic acids is 1. The van der Waals surface area contributed by atoms with Crippen molar-refractivity contribution in [2.24, 2.45) is 4.99 Å². The molecule has 0 aliphatic carbocycles. The van der Waals surface area contributed by atoms with Gasteiger partial charge in [0.25, 0.3) is 11.2 Å². The maximum Gasteiger partial charge on any atom is 0.338 e. The molecule has 6 rings (SSSR count). The third-order valence-electron chi connectivity index (χ3n) is 7.25. The van der Waals surface area contributed by atoms with Crippen LogP contribution in [0, 0.1) is 24.0 Å². The van der Waals surface area contributed by atoms with Gasteiger partial charge in [-0.05, 0) is 69.2 Å². The number of aromatic nitrogens is 1. The molecule has 12 heteroatoms. The van der Waals surface area contributed by atoms with Crippen molar-refractivity contribution in [1.82, 2.24) is 4.57 Å². The summed E-state index contributed by atoms with van der Waals surface area (Å²) in [6.07, 6.45) is 1.60. The topological polar surface area (TPSA) is 135 Å². The van der Waals surface area contributed by atoms with Crippen molar-refractivity contribution >= 4 is 29.1 Å². The standard InChI is InChI=1S/C30H25N3O8S/c1-5-38-29(35)26-17(4)31-30-32(27(26)18-6-8-23-24(12-18)40-14-39-23)28(34)25(42-30)13-20-7-9-22(41-20)19-10-15(2)16(3)21(11-19)33(36)37/h6-13,27H,5,14H2,1-4H3/b25-13-. The summed E-state index contributed by atoms with van der Waals surface area (Å²) in [5, 5.41) is 11.5. The average molecular weight is 588 g/mol. The molecule has 1 unspecified atom stereocenters. The summed E-state index contributed by atoms with van der Waals surface area (Å²) in [5.41, 5.74) is 2.90. The number of fused-ring (bicyclic) bond motifs is 2. The van der Waals surface area contributed by atoms with Crippen LogP contribution in [0.1, 0.15) is 42.3 Å². The van der Waals surface area contributed by atoms with E-state index in [-0.39, 0.29) is 30.2 Å². The Morgan fingerprint density at radius 1 is 1.17 bits per heavy atom. The van der Waals surface area contributed by atoms with E-state index in [2.05, 4.69) is 4.99 Å². The van der Waals surface area contributed by atoms with Gasteiger partial charge in [-0.2, -0.15) is 0 Å². The second kappa shape index (κ2) is 10.5. The molecule has 2 aliphatic rings. The molecule has 4 heterocycles. The van der Waals surface area contributed by atoms with Gasteiger partial charge in [-0.25, -0.2) is 9.79 Å². The van der Waals surface area contributed by atoms with E-state index in [9.17, 15) is 19.7 Å². The second-order valence-electron chi connectivity index (χ2n) is 9.81. The Labute approximate surface area is 242 Å². The number of thiazole rings is 1. The molecule has 0 amide bonds. The second-order valence-corrected chi connectivity index (χ2v) is 10.8. The Bertz CT molecular complexity index is 2000. The van der Waals surface area contributed by atoms with Gasteiger partial charge in [0.15, 0.2) is 16.3 Å². The molecular weight excluding hydrogens is 562 g/mol. The number of esters is 1. The molecule has 0 saturated heterocycles. The number of aryl methyl sites for hydroxylation is 1. The summed E-state index contributed by atoms with van der Waals surface area (Å²) in [6, 6.07) is 11.2. The molecule has 0 fully saturated rings. The van der Waals surface area contributed by atoms with Crippen molar-refractivity contribution in [2.75, 3.05) is 13.4 Å². The minimum atomic E-state index is -0.805. The third-order valence-corrected chi connectivity index (χ3v) is 8.23. The number of nitro benzene ring substituents is 1. The zero-order valence-electron chi connectivity index (χ0n) is 23.1. The van der Waals surface area contributed by atoms with Crippen molar-refractivity contribution in [1.29, 1.82) is 0 Å². The van der Waals surface area contributed by atoms with E-state index in [1.54, 1.807) is 64.1 Å². The van der Waals surface area contributed by atoms with Crippen LogP contribution in [-0.2, 0) is 9.53 Å². The maximum atomic E-state index is 13.9. The number of benzene rings is 2. The molecule has 2 aromatic carbocycles. The SMILES string of the molecule is CCOC(=O)C1=C(C)N=c2s/c(=C\c3ccc(-c4cc(C)c(C)c([N+](=O)[O-])c4)o3)c(=O)n2C1c1ccc2c(c1)OCO2. The number of allylic oxidation sites excluding steroid dienone is 1. The van der Waals surface area contributed by atoms with E-state index in [0.29, 0.717) is 54.7 Å². The molecule has 2 aliphatic heterocycles. The van der Waals surface area contributed by atoms with Crippen LogP contribution in [0.25, 0.3) is 17.4 Å². The molecule has 0 radical (unpaired) electrons. The van der Waals surface area contributed by atoms with Crippen LogP contribution < -0.4 is 24.4 Å². The lowest BCUT2D eigenvalue weighted by Crippen LogP contribution is -2.39. The number of hydrogen-bond acceptors (Lipinski definition) is 10. The lowest BCUT2D eigenvalue weighted by Gasteiger charge is -2.24. The predicted octanol–water partition coefficient (Wildman–Crippen LogP) is 4.31. The maximum absolute atomic E-state index is 13.9. The normalized spacial score (nSPS) is 15.9. The van der Waals surface area contributed by atoms with Crippen LogP contribution in [0.5, 0.6) is 11.5 Å². The molecule has 1 atom stereocenters. The first kappa shape index (κ1) is 27.2. The highest BCUT2D eigenvalue weighted by Gasteiger charge is 2.34. The fourth-order valence-electron chi connectivity index (χ4n) is 5.08. The van der Waals surface area contributed by atoms with E-state index < -0.39 is 16.9 Å². The van der Waals surface area contributed by atoms with Crippen LogP contribution in [-0.4, -0.2) is 28.9 Å². The molecular formula is C30H25N3O8S. The Kier molecular flexibility index (Phi) is 6.77. The first-order valence-electron chi connectivity index (χ1n) is 13.1. The fourth-order valence-corrected chi connectivity index (χ4v) is 6.10. The predicted molar refractivity (Wildman–Crippen MR) is 153 cm³/mol. The number of furan rings is 1. The van der Waals surface area contributed by atoms with Gasteiger partial charge >= 0.3 is 5.97 Å². The van der Waals surface area contributed by atoms with E-state index in [0.717, 1.165) is 16.9 Å². The Balaban J connectivity index is 1.46. The van der Waals surface area contributed by atoms with Gasteiger partial charge in [-0.1, -0.05) is 17.4 Å². The quantitative estimate of drug-likeness (QED) is 0.185. The van der Waals surface area contributed by atoms with Gasteiger partial charge in [0.2, 0.25) is 6.79 Å². The molecule has 4 aromatic rings. The van der Waals surface area contributed by atoms with Gasteiger partial charge in [0.05, 0.1) is 33.4 Å². The van der Waals surface area contributed by atoms with Crippen LogP contribution in [0.4, 0.5) is 5.69 Å². The van der Waals surface area contributed by atoms with Crippen LogP contribution >= 0.6 is 11.3 Å².